The summed E-state index contributed by atoms with van der Waals surface area (Å²) in [6.45, 7) is 0. The van der Waals surface area contributed by atoms with E-state index in [-0.39, 0.29) is 28.6 Å². The standard InChI is InChI=1S/C21H14F4N2O5/c1-31-17-7-3-12(22)9-18(17)32-16-6-2-11(21(23,24)25)8-14(16)19(28)27-13-4-5-15(20(29)30)26-10-13/h2-10H,1H3,(H,27,28)(H,29,30). The number of carboxylic acids is 1. The van der Waals surface area contributed by atoms with Gasteiger partial charge in [0.2, 0.25) is 0 Å². The molecule has 3 aromatic rings. The number of anilines is 1. The smallest absolute Gasteiger partial charge is 0.416 e. The maximum Gasteiger partial charge on any atom is 0.416 e. The SMILES string of the molecule is COc1ccc(F)cc1Oc1ccc(C(F)(F)F)cc1C(=O)Nc1ccc(C(=O)O)nc1. The first-order valence-electron chi connectivity index (χ1n) is 8.82. The number of aromatic nitrogens is 1. The third-order valence-electron chi connectivity index (χ3n) is 4.14. The van der Waals surface area contributed by atoms with E-state index in [0.29, 0.717) is 12.1 Å². The molecule has 1 amide bonds. The van der Waals surface area contributed by atoms with Crippen molar-refractivity contribution in [1.29, 1.82) is 0 Å². The Morgan fingerprint density at radius 1 is 1.00 bits per heavy atom. The first-order valence-corrected chi connectivity index (χ1v) is 8.82. The largest absolute Gasteiger partial charge is 0.493 e. The summed E-state index contributed by atoms with van der Waals surface area (Å²) >= 11 is 0. The number of rotatable bonds is 6. The van der Waals surface area contributed by atoms with Crippen LogP contribution in [-0.4, -0.2) is 29.1 Å². The highest BCUT2D eigenvalue weighted by Gasteiger charge is 2.32. The van der Waals surface area contributed by atoms with Gasteiger partial charge in [-0.1, -0.05) is 0 Å². The second kappa shape index (κ2) is 8.92. The Labute approximate surface area is 178 Å². The average Bonchev–Trinajstić information content (AvgIpc) is 2.73. The summed E-state index contributed by atoms with van der Waals surface area (Å²) in [5, 5.41) is 11.2. The van der Waals surface area contributed by atoms with Crippen LogP contribution in [0.2, 0.25) is 0 Å². The molecule has 0 fully saturated rings. The molecule has 32 heavy (non-hydrogen) atoms. The average molecular weight is 450 g/mol. The second-order valence-corrected chi connectivity index (χ2v) is 6.30. The minimum Gasteiger partial charge on any atom is -0.493 e. The Kier molecular flexibility index (Phi) is 6.28. The van der Waals surface area contributed by atoms with Crippen molar-refractivity contribution in [3.8, 4) is 17.2 Å². The molecule has 3 rings (SSSR count). The zero-order chi connectivity index (χ0) is 23.5. The van der Waals surface area contributed by atoms with Crippen LogP contribution in [0.1, 0.15) is 26.4 Å². The molecular weight excluding hydrogens is 436 g/mol. The Balaban J connectivity index is 1.99. The number of hydrogen-bond acceptors (Lipinski definition) is 5. The first-order chi connectivity index (χ1) is 15.1. The van der Waals surface area contributed by atoms with E-state index in [1.807, 2.05) is 0 Å². The molecule has 166 valence electrons. The summed E-state index contributed by atoms with van der Waals surface area (Å²) < 4.78 is 63.8. The Bertz CT molecular complexity index is 1160. The molecule has 0 aliphatic carbocycles. The molecular formula is C21H14F4N2O5. The van der Waals surface area contributed by atoms with Crippen molar-refractivity contribution in [2.24, 2.45) is 0 Å². The van der Waals surface area contributed by atoms with E-state index in [1.54, 1.807) is 0 Å². The molecule has 0 spiro atoms. The van der Waals surface area contributed by atoms with Crippen molar-refractivity contribution in [3.05, 3.63) is 77.4 Å². The number of halogens is 4. The normalized spacial score (nSPS) is 11.0. The Morgan fingerprint density at radius 2 is 1.72 bits per heavy atom. The summed E-state index contributed by atoms with van der Waals surface area (Å²) in [5.41, 5.74) is -1.87. The zero-order valence-electron chi connectivity index (χ0n) is 16.2. The summed E-state index contributed by atoms with van der Waals surface area (Å²) in [6.07, 6.45) is -3.71. The second-order valence-electron chi connectivity index (χ2n) is 6.30. The highest BCUT2D eigenvalue weighted by atomic mass is 19.4. The van der Waals surface area contributed by atoms with Crippen molar-refractivity contribution >= 4 is 17.6 Å². The van der Waals surface area contributed by atoms with Crippen LogP contribution < -0.4 is 14.8 Å². The van der Waals surface area contributed by atoms with Gasteiger partial charge in [0, 0.05) is 6.07 Å². The van der Waals surface area contributed by atoms with Gasteiger partial charge in [-0.25, -0.2) is 14.2 Å². The molecule has 0 atom stereocenters. The third kappa shape index (κ3) is 5.12. The van der Waals surface area contributed by atoms with Crippen LogP contribution in [0.5, 0.6) is 17.2 Å². The summed E-state index contributed by atoms with van der Waals surface area (Å²) in [6, 6.07) is 7.85. The van der Waals surface area contributed by atoms with Crippen LogP contribution in [-0.2, 0) is 6.18 Å². The van der Waals surface area contributed by atoms with Crippen molar-refractivity contribution < 1.29 is 41.7 Å². The minimum absolute atomic E-state index is 0.0340. The van der Waals surface area contributed by atoms with Crippen LogP contribution in [0.25, 0.3) is 0 Å². The zero-order valence-corrected chi connectivity index (χ0v) is 16.2. The number of ether oxygens (including phenoxy) is 2. The predicted octanol–water partition coefficient (Wildman–Crippen LogP) is 4.99. The van der Waals surface area contributed by atoms with Gasteiger partial charge >= 0.3 is 12.1 Å². The number of nitrogens with zero attached hydrogens (tertiary/aromatic N) is 1. The number of hydrogen-bond donors (Lipinski definition) is 2. The van der Waals surface area contributed by atoms with E-state index in [4.69, 9.17) is 14.6 Å². The van der Waals surface area contributed by atoms with Gasteiger partial charge in [0.15, 0.2) is 11.5 Å². The number of aromatic carboxylic acids is 1. The molecule has 0 aliphatic rings. The molecule has 7 nitrogen and oxygen atoms in total. The molecule has 0 unspecified atom stereocenters. The molecule has 2 N–H and O–H groups in total. The first kappa shape index (κ1) is 22.5. The van der Waals surface area contributed by atoms with Crippen LogP contribution in [0, 0.1) is 5.82 Å². The molecule has 0 aliphatic heterocycles. The Hall–Kier alpha value is -4.15. The lowest BCUT2D eigenvalue weighted by Crippen LogP contribution is -2.15. The van der Waals surface area contributed by atoms with Gasteiger partial charge in [-0.15, -0.1) is 0 Å². The van der Waals surface area contributed by atoms with Gasteiger partial charge in [-0.3, -0.25) is 4.79 Å². The molecule has 0 saturated carbocycles. The van der Waals surface area contributed by atoms with Crippen molar-refractivity contribution in [3.63, 3.8) is 0 Å². The van der Waals surface area contributed by atoms with E-state index in [1.165, 1.54) is 19.2 Å². The lowest BCUT2D eigenvalue weighted by atomic mass is 10.1. The van der Waals surface area contributed by atoms with Crippen molar-refractivity contribution in [1.82, 2.24) is 4.98 Å². The van der Waals surface area contributed by atoms with E-state index >= 15 is 0 Å². The van der Waals surface area contributed by atoms with Gasteiger partial charge in [-0.05, 0) is 42.5 Å². The monoisotopic (exact) mass is 450 g/mol. The number of carbonyl (C=O) groups is 2. The maximum absolute atomic E-state index is 13.6. The number of nitrogens with one attached hydrogen (secondary N) is 1. The van der Waals surface area contributed by atoms with Crippen LogP contribution in [0.15, 0.2) is 54.7 Å². The lowest BCUT2D eigenvalue weighted by molar-refractivity contribution is -0.137. The van der Waals surface area contributed by atoms with Crippen LogP contribution in [0.4, 0.5) is 23.2 Å². The Morgan fingerprint density at radius 3 is 2.31 bits per heavy atom. The van der Waals surface area contributed by atoms with Crippen molar-refractivity contribution in [2.75, 3.05) is 12.4 Å². The molecule has 0 bridgehead atoms. The highest BCUT2D eigenvalue weighted by Crippen LogP contribution is 2.37. The molecule has 11 heteroatoms. The minimum atomic E-state index is -4.74. The fraction of sp³-hybridized carbons (Fsp3) is 0.0952. The number of carbonyl (C=O) groups excluding carboxylic acids is 1. The summed E-state index contributed by atoms with van der Waals surface area (Å²) in [5.74, 6) is -3.34. The fourth-order valence-corrected chi connectivity index (χ4v) is 2.61. The van der Waals surface area contributed by atoms with E-state index in [0.717, 1.165) is 30.5 Å². The van der Waals surface area contributed by atoms with Gasteiger partial charge in [0.05, 0.1) is 30.1 Å². The highest BCUT2D eigenvalue weighted by molar-refractivity contribution is 6.06. The molecule has 0 radical (unpaired) electrons. The summed E-state index contributed by atoms with van der Waals surface area (Å²) in [7, 11) is 1.29. The number of benzene rings is 2. The van der Waals surface area contributed by atoms with Crippen molar-refractivity contribution in [2.45, 2.75) is 6.18 Å². The molecule has 2 aromatic carbocycles. The number of pyridine rings is 1. The number of amides is 1. The molecule has 1 heterocycles. The quantitative estimate of drug-likeness (QED) is 0.514. The van der Waals surface area contributed by atoms with E-state index in [2.05, 4.69) is 10.3 Å². The number of carboxylic acid groups (broad SMARTS) is 1. The number of alkyl halides is 3. The topological polar surface area (TPSA) is 97.8 Å². The third-order valence-corrected chi connectivity index (χ3v) is 4.14. The van der Waals surface area contributed by atoms with Gasteiger partial charge in [-0.2, -0.15) is 13.2 Å². The van der Waals surface area contributed by atoms with Crippen LogP contribution in [0.3, 0.4) is 0 Å². The maximum atomic E-state index is 13.6. The van der Waals surface area contributed by atoms with E-state index < -0.39 is 35.0 Å². The van der Waals surface area contributed by atoms with Gasteiger partial charge in [0.25, 0.3) is 5.91 Å². The molecule has 1 aromatic heterocycles. The lowest BCUT2D eigenvalue weighted by Gasteiger charge is -2.16. The number of methoxy groups -OCH3 is 1. The fourth-order valence-electron chi connectivity index (χ4n) is 2.61. The van der Waals surface area contributed by atoms with Gasteiger partial charge < -0.3 is 19.9 Å². The summed E-state index contributed by atoms with van der Waals surface area (Å²) in [4.78, 5) is 27.2. The van der Waals surface area contributed by atoms with Gasteiger partial charge in [0.1, 0.15) is 17.3 Å². The van der Waals surface area contributed by atoms with Crippen LogP contribution >= 0.6 is 0 Å². The van der Waals surface area contributed by atoms with E-state index in [9.17, 15) is 27.2 Å². The predicted molar refractivity (Wildman–Crippen MR) is 104 cm³/mol. The molecule has 0 saturated heterocycles.